The first kappa shape index (κ1) is 11.1. The van der Waals surface area contributed by atoms with Crippen LogP contribution in [0.5, 0.6) is 0 Å². The molecule has 1 aromatic heterocycles. The molecular weight excluding hydrogens is 230 g/mol. The van der Waals surface area contributed by atoms with Gasteiger partial charge in [0.05, 0.1) is 5.02 Å². The minimum atomic E-state index is 0.0585. The van der Waals surface area contributed by atoms with Gasteiger partial charge in [0.15, 0.2) is 0 Å². The van der Waals surface area contributed by atoms with Gasteiger partial charge >= 0.3 is 0 Å². The zero-order valence-corrected chi connectivity index (χ0v) is 9.98. The Hall–Kier alpha value is -0.380. The van der Waals surface area contributed by atoms with E-state index in [0.717, 1.165) is 24.1 Å². The third-order valence-corrected chi connectivity index (χ3v) is 4.40. The molecule has 2 rings (SSSR count). The van der Waals surface area contributed by atoms with E-state index in [4.69, 9.17) is 17.3 Å². The molecule has 1 saturated carbocycles. The molecule has 82 valence electrons. The summed E-state index contributed by atoms with van der Waals surface area (Å²) in [6.07, 6.45) is 3.46. The van der Waals surface area contributed by atoms with E-state index in [9.17, 15) is 4.79 Å². The van der Waals surface area contributed by atoms with Crippen LogP contribution in [-0.4, -0.2) is 11.8 Å². The SMILES string of the molecule is NC1CCCC1C(=O)Cc1sccc1Cl. The highest BCUT2D eigenvalue weighted by molar-refractivity contribution is 7.10. The monoisotopic (exact) mass is 243 g/mol. The molecule has 0 aliphatic heterocycles. The van der Waals surface area contributed by atoms with Gasteiger partial charge < -0.3 is 5.73 Å². The lowest BCUT2D eigenvalue weighted by molar-refractivity contribution is -0.122. The van der Waals surface area contributed by atoms with Gasteiger partial charge in [-0.1, -0.05) is 18.0 Å². The average Bonchev–Trinajstić information content (AvgIpc) is 2.76. The zero-order chi connectivity index (χ0) is 10.8. The van der Waals surface area contributed by atoms with Crippen LogP contribution in [0, 0.1) is 5.92 Å². The first-order chi connectivity index (χ1) is 7.18. The van der Waals surface area contributed by atoms with E-state index in [-0.39, 0.29) is 17.7 Å². The lowest BCUT2D eigenvalue weighted by Gasteiger charge is -2.13. The fourth-order valence-corrected chi connectivity index (χ4v) is 3.24. The Kier molecular flexibility index (Phi) is 3.44. The van der Waals surface area contributed by atoms with Gasteiger partial charge in [-0.25, -0.2) is 0 Å². The van der Waals surface area contributed by atoms with Crippen molar-refractivity contribution in [2.75, 3.05) is 0 Å². The standard InChI is InChI=1S/C11H14ClNOS/c12-8-4-5-15-11(8)6-10(14)7-2-1-3-9(7)13/h4-5,7,9H,1-3,6,13H2. The van der Waals surface area contributed by atoms with Crippen LogP contribution >= 0.6 is 22.9 Å². The highest BCUT2D eigenvalue weighted by Gasteiger charge is 2.30. The van der Waals surface area contributed by atoms with Gasteiger partial charge in [0.2, 0.25) is 0 Å². The maximum absolute atomic E-state index is 11.9. The van der Waals surface area contributed by atoms with E-state index in [2.05, 4.69) is 0 Å². The highest BCUT2D eigenvalue weighted by Crippen LogP contribution is 2.29. The average molecular weight is 244 g/mol. The summed E-state index contributed by atoms with van der Waals surface area (Å²) in [6, 6.07) is 1.90. The molecule has 2 N–H and O–H groups in total. The second-order valence-corrected chi connectivity index (χ2v) is 5.44. The largest absolute Gasteiger partial charge is 0.327 e. The Bertz CT molecular complexity index is 363. The Morgan fingerprint density at radius 1 is 1.60 bits per heavy atom. The number of hydrogen-bond acceptors (Lipinski definition) is 3. The van der Waals surface area contributed by atoms with Crippen LogP contribution in [0.1, 0.15) is 24.1 Å². The van der Waals surface area contributed by atoms with E-state index < -0.39 is 0 Å². The van der Waals surface area contributed by atoms with Gasteiger partial charge in [0.1, 0.15) is 5.78 Å². The van der Waals surface area contributed by atoms with E-state index in [0.29, 0.717) is 11.4 Å². The van der Waals surface area contributed by atoms with Crippen LogP contribution in [0.3, 0.4) is 0 Å². The van der Waals surface area contributed by atoms with Gasteiger partial charge in [-0.2, -0.15) is 0 Å². The van der Waals surface area contributed by atoms with E-state index >= 15 is 0 Å². The van der Waals surface area contributed by atoms with Crippen LogP contribution in [0.15, 0.2) is 11.4 Å². The molecule has 1 aliphatic rings. The molecular formula is C11H14ClNOS. The fraction of sp³-hybridized carbons (Fsp3) is 0.545. The van der Waals surface area contributed by atoms with Crippen molar-refractivity contribution in [3.05, 3.63) is 21.3 Å². The minimum Gasteiger partial charge on any atom is -0.327 e. The lowest BCUT2D eigenvalue weighted by atomic mass is 9.96. The molecule has 2 atom stereocenters. The van der Waals surface area contributed by atoms with Gasteiger partial charge in [-0.3, -0.25) is 4.79 Å². The highest BCUT2D eigenvalue weighted by atomic mass is 35.5. The quantitative estimate of drug-likeness (QED) is 0.887. The second kappa shape index (κ2) is 4.64. The van der Waals surface area contributed by atoms with Crippen LogP contribution < -0.4 is 5.73 Å². The summed E-state index contributed by atoms with van der Waals surface area (Å²) in [7, 11) is 0. The number of thiophene rings is 1. The summed E-state index contributed by atoms with van der Waals surface area (Å²) in [5.74, 6) is 0.313. The maximum atomic E-state index is 11.9. The first-order valence-electron chi connectivity index (χ1n) is 5.18. The predicted octanol–water partition coefficient (Wildman–Crippen LogP) is 2.64. The summed E-state index contributed by atoms with van der Waals surface area (Å²) in [6.45, 7) is 0. The molecule has 2 unspecified atom stereocenters. The van der Waals surface area contributed by atoms with Crippen molar-refractivity contribution >= 4 is 28.7 Å². The maximum Gasteiger partial charge on any atom is 0.142 e. The molecule has 1 aromatic rings. The first-order valence-corrected chi connectivity index (χ1v) is 6.44. The molecule has 0 aromatic carbocycles. The number of rotatable bonds is 3. The number of carbonyl (C=O) groups excluding carboxylic acids is 1. The number of Topliss-reactive ketones (excluding diaryl/α,β-unsaturated/α-hetero) is 1. The third-order valence-electron chi connectivity index (χ3n) is 3.01. The number of nitrogens with two attached hydrogens (primary N) is 1. The normalized spacial score (nSPS) is 25.7. The van der Waals surface area contributed by atoms with E-state index in [1.807, 2.05) is 11.4 Å². The van der Waals surface area contributed by atoms with Crippen molar-refractivity contribution in [3.63, 3.8) is 0 Å². The van der Waals surface area contributed by atoms with E-state index in [1.54, 1.807) is 11.3 Å². The summed E-state index contributed by atoms with van der Waals surface area (Å²) < 4.78 is 0. The Morgan fingerprint density at radius 2 is 2.40 bits per heavy atom. The fourth-order valence-electron chi connectivity index (χ4n) is 2.13. The molecule has 0 spiro atoms. The van der Waals surface area contributed by atoms with Crippen molar-refractivity contribution in [1.29, 1.82) is 0 Å². The third kappa shape index (κ3) is 2.41. The van der Waals surface area contributed by atoms with Crippen molar-refractivity contribution in [2.24, 2.45) is 11.7 Å². The number of ketones is 1. The van der Waals surface area contributed by atoms with Gasteiger partial charge in [0, 0.05) is 23.3 Å². The molecule has 0 bridgehead atoms. The summed E-state index contributed by atoms with van der Waals surface area (Å²) >= 11 is 7.50. The molecule has 4 heteroatoms. The topological polar surface area (TPSA) is 43.1 Å². The van der Waals surface area contributed by atoms with Crippen molar-refractivity contribution in [2.45, 2.75) is 31.7 Å². The van der Waals surface area contributed by atoms with Crippen LogP contribution in [-0.2, 0) is 11.2 Å². The van der Waals surface area contributed by atoms with Gasteiger partial charge in [-0.05, 0) is 24.3 Å². The molecule has 0 amide bonds. The molecule has 2 nitrogen and oxygen atoms in total. The number of carbonyl (C=O) groups is 1. The Labute approximate surface area is 98.4 Å². The van der Waals surface area contributed by atoms with E-state index in [1.165, 1.54) is 0 Å². The number of halogens is 1. The van der Waals surface area contributed by atoms with Crippen molar-refractivity contribution < 1.29 is 4.79 Å². The lowest BCUT2D eigenvalue weighted by Crippen LogP contribution is -2.31. The minimum absolute atomic E-state index is 0.0585. The van der Waals surface area contributed by atoms with Crippen molar-refractivity contribution in [3.8, 4) is 0 Å². The Morgan fingerprint density at radius 3 is 2.93 bits per heavy atom. The number of hydrogen-bond donors (Lipinski definition) is 1. The zero-order valence-electron chi connectivity index (χ0n) is 8.41. The van der Waals surface area contributed by atoms with Crippen LogP contribution in [0.2, 0.25) is 5.02 Å². The summed E-state index contributed by atoms with van der Waals surface area (Å²) in [5, 5.41) is 2.62. The van der Waals surface area contributed by atoms with Gasteiger partial charge in [0.25, 0.3) is 0 Å². The molecule has 1 aliphatic carbocycles. The predicted molar refractivity (Wildman–Crippen MR) is 63.4 cm³/mol. The molecule has 1 fully saturated rings. The summed E-state index contributed by atoms with van der Waals surface area (Å²) in [5.41, 5.74) is 5.90. The molecule has 1 heterocycles. The summed E-state index contributed by atoms with van der Waals surface area (Å²) in [4.78, 5) is 12.9. The van der Waals surface area contributed by atoms with Crippen LogP contribution in [0.4, 0.5) is 0 Å². The molecule has 15 heavy (non-hydrogen) atoms. The van der Waals surface area contributed by atoms with Crippen molar-refractivity contribution in [1.82, 2.24) is 0 Å². The Balaban J connectivity index is 2.01. The second-order valence-electron chi connectivity index (χ2n) is 4.04. The van der Waals surface area contributed by atoms with Gasteiger partial charge in [-0.15, -0.1) is 11.3 Å². The smallest absolute Gasteiger partial charge is 0.142 e. The van der Waals surface area contributed by atoms with Crippen LogP contribution in [0.25, 0.3) is 0 Å². The molecule has 0 saturated heterocycles. The molecule has 0 radical (unpaired) electrons.